The fourth-order valence-corrected chi connectivity index (χ4v) is 1.98. The van der Waals surface area contributed by atoms with E-state index in [4.69, 9.17) is 21.1 Å². The van der Waals surface area contributed by atoms with E-state index in [1.807, 2.05) is 13.8 Å². The van der Waals surface area contributed by atoms with Gasteiger partial charge >= 0.3 is 0 Å². The molecule has 3 unspecified atom stereocenters. The highest BCUT2D eigenvalue weighted by Gasteiger charge is 2.48. The van der Waals surface area contributed by atoms with E-state index in [0.29, 0.717) is 5.92 Å². The van der Waals surface area contributed by atoms with Gasteiger partial charge in [0.2, 0.25) is 0 Å². The third kappa shape index (κ3) is 1.76. The van der Waals surface area contributed by atoms with Gasteiger partial charge in [-0.3, -0.25) is 0 Å². The average Bonchev–Trinajstić information content (AvgIpc) is 2.03. The van der Waals surface area contributed by atoms with E-state index in [-0.39, 0.29) is 23.7 Å². The third-order valence-electron chi connectivity index (χ3n) is 2.36. The van der Waals surface area contributed by atoms with Crippen molar-refractivity contribution in [3.63, 3.8) is 0 Å². The molecule has 4 atom stereocenters. The lowest BCUT2D eigenvalue weighted by atomic mass is 9.79. The Kier molecular flexibility index (Phi) is 3.38. The average molecular weight is 193 g/mol. The first-order valence-corrected chi connectivity index (χ1v) is 4.84. The first-order valence-electron chi connectivity index (χ1n) is 4.40. The molecule has 1 rings (SSSR count). The van der Waals surface area contributed by atoms with Crippen LogP contribution in [0.3, 0.4) is 0 Å². The van der Waals surface area contributed by atoms with Gasteiger partial charge in [-0.05, 0) is 13.8 Å². The van der Waals surface area contributed by atoms with E-state index in [0.717, 1.165) is 0 Å². The summed E-state index contributed by atoms with van der Waals surface area (Å²) in [4.78, 5) is 0. The first kappa shape index (κ1) is 10.3. The summed E-state index contributed by atoms with van der Waals surface area (Å²) >= 11 is 6.04. The monoisotopic (exact) mass is 192 g/mol. The predicted molar refractivity (Wildman–Crippen MR) is 49.6 cm³/mol. The van der Waals surface area contributed by atoms with Gasteiger partial charge in [-0.15, -0.1) is 11.6 Å². The molecule has 1 saturated carbocycles. The van der Waals surface area contributed by atoms with Crippen molar-refractivity contribution in [1.82, 2.24) is 0 Å². The summed E-state index contributed by atoms with van der Waals surface area (Å²) in [5.41, 5.74) is 0. The number of halogens is 1. The van der Waals surface area contributed by atoms with E-state index in [9.17, 15) is 0 Å². The van der Waals surface area contributed by atoms with Crippen LogP contribution < -0.4 is 0 Å². The Balaban J connectivity index is 2.42. The molecule has 1 aliphatic rings. The largest absolute Gasteiger partial charge is 0.377 e. The highest BCUT2D eigenvalue weighted by Crippen LogP contribution is 2.37. The van der Waals surface area contributed by atoms with Crippen LogP contribution in [0.1, 0.15) is 20.8 Å². The van der Waals surface area contributed by atoms with Gasteiger partial charge in [-0.25, -0.2) is 0 Å². The summed E-state index contributed by atoms with van der Waals surface area (Å²) in [5, 5.41) is 0.110. The maximum Gasteiger partial charge on any atom is 0.100 e. The molecule has 0 N–H and O–H groups in total. The first-order chi connectivity index (χ1) is 5.57. The van der Waals surface area contributed by atoms with Gasteiger partial charge in [0.05, 0.1) is 17.6 Å². The van der Waals surface area contributed by atoms with Crippen LogP contribution in [0.15, 0.2) is 0 Å². The number of hydrogen-bond acceptors (Lipinski definition) is 2. The highest BCUT2D eigenvalue weighted by atomic mass is 35.5. The maximum absolute atomic E-state index is 6.04. The summed E-state index contributed by atoms with van der Waals surface area (Å²) < 4.78 is 10.9. The molecule has 0 radical (unpaired) electrons. The fraction of sp³-hybridized carbons (Fsp3) is 1.00. The van der Waals surface area contributed by atoms with Crippen molar-refractivity contribution in [2.24, 2.45) is 5.92 Å². The van der Waals surface area contributed by atoms with E-state index >= 15 is 0 Å². The van der Waals surface area contributed by atoms with Crippen LogP contribution in [0.4, 0.5) is 0 Å². The summed E-state index contributed by atoms with van der Waals surface area (Å²) in [6.07, 6.45) is 0.501. The number of methoxy groups -OCH3 is 1. The molecule has 0 amide bonds. The molecule has 0 bridgehead atoms. The third-order valence-corrected chi connectivity index (χ3v) is 3.01. The van der Waals surface area contributed by atoms with Gasteiger partial charge in [0.25, 0.3) is 0 Å². The zero-order valence-corrected chi connectivity index (χ0v) is 8.84. The van der Waals surface area contributed by atoms with Crippen molar-refractivity contribution in [2.75, 3.05) is 7.11 Å². The van der Waals surface area contributed by atoms with E-state index in [2.05, 4.69) is 6.92 Å². The normalized spacial score (nSPS) is 41.5. The molecular formula is C9H17ClO2. The van der Waals surface area contributed by atoms with Crippen LogP contribution in [0.25, 0.3) is 0 Å². The summed E-state index contributed by atoms with van der Waals surface area (Å²) in [5.74, 6) is 0.402. The van der Waals surface area contributed by atoms with Crippen molar-refractivity contribution in [3.05, 3.63) is 0 Å². The lowest BCUT2D eigenvalue weighted by Gasteiger charge is -2.46. The van der Waals surface area contributed by atoms with Gasteiger partial charge < -0.3 is 9.47 Å². The predicted octanol–water partition coefficient (Wildman–Crippen LogP) is 2.05. The smallest absolute Gasteiger partial charge is 0.100 e. The minimum Gasteiger partial charge on any atom is -0.377 e. The number of alkyl halides is 1. The Hall–Kier alpha value is 0.210. The van der Waals surface area contributed by atoms with Crippen LogP contribution >= 0.6 is 11.6 Å². The summed E-state index contributed by atoms with van der Waals surface area (Å²) in [7, 11) is 1.68. The fourth-order valence-electron chi connectivity index (χ4n) is 1.60. The van der Waals surface area contributed by atoms with Crippen LogP contribution in [0, 0.1) is 5.92 Å². The van der Waals surface area contributed by atoms with Crippen LogP contribution in [0.2, 0.25) is 0 Å². The molecule has 0 spiro atoms. The lowest BCUT2D eigenvalue weighted by molar-refractivity contribution is -0.160. The molecular weight excluding hydrogens is 176 g/mol. The molecule has 0 saturated heterocycles. The standard InChI is InChI=1S/C9H17ClO2/c1-5(2)12-8-6(3)7(10)9(8)11-4/h5-9H,1-4H3/t6?,7-,8?,9?/m0/s1. The number of ether oxygens (including phenoxy) is 2. The van der Waals surface area contributed by atoms with Crippen molar-refractivity contribution >= 4 is 11.6 Å². The molecule has 3 heteroatoms. The molecule has 0 aromatic carbocycles. The van der Waals surface area contributed by atoms with Gasteiger partial charge in [0.15, 0.2) is 0 Å². The molecule has 72 valence electrons. The number of hydrogen-bond donors (Lipinski definition) is 0. The zero-order chi connectivity index (χ0) is 9.30. The molecule has 1 aliphatic carbocycles. The van der Waals surface area contributed by atoms with E-state index < -0.39 is 0 Å². The highest BCUT2D eigenvalue weighted by molar-refractivity contribution is 6.22. The lowest BCUT2D eigenvalue weighted by Crippen LogP contribution is -2.58. The minimum atomic E-state index is 0.0732. The Bertz CT molecular complexity index is 149. The zero-order valence-electron chi connectivity index (χ0n) is 8.08. The molecule has 12 heavy (non-hydrogen) atoms. The molecule has 0 aromatic heterocycles. The molecule has 0 aliphatic heterocycles. The molecule has 0 heterocycles. The van der Waals surface area contributed by atoms with Gasteiger partial charge in [-0.2, -0.15) is 0 Å². The second-order valence-corrected chi connectivity index (χ2v) is 4.16. The Morgan fingerprint density at radius 3 is 2.25 bits per heavy atom. The van der Waals surface area contributed by atoms with Crippen LogP contribution in [-0.4, -0.2) is 30.8 Å². The topological polar surface area (TPSA) is 18.5 Å². The second-order valence-electron chi connectivity index (χ2n) is 3.65. The van der Waals surface area contributed by atoms with Gasteiger partial charge in [0, 0.05) is 13.0 Å². The summed E-state index contributed by atoms with van der Waals surface area (Å²) in [6.45, 7) is 6.15. The van der Waals surface area contributed by atoms with E-state index in [1.165, 1.54) is 0 Å². The Labute approximate surface area is 79.2 Å². The van der Waals surface area contributed by atoms with Crippen molar-refractivity contribution < 1.29 is 9.47 Å². The van der Waals surface area contributed by atoms with Crippen LogP contribution in [0.5, 0.6) is 0 Å². The van der Waals surface area contributed by atoms with Crippen molar-refractivity contribution in [3.8, 4) is 0 Å². The molecule has 2 nitrogen and oxygen atoms in total. The molecule has 1 fully saturated rings. The van der Waals surface area contributed by atoms with E-state index in [1.54, 1.807) is 7.11 Å². The second kappa shape index (κ2) is 3.95. The van der Waals surface area contributed by atoms with Crippen molar-refractivity contribution in [2.45, 2.75) is 44.5 Å². The van der Waals surface area contributed by atoms with Gasteiger partial charge in [0.1, 0.15) is 6.10 Å². The SMILES string of the molecule is COC1C(OC(C)C)C(C)[C@@H]1Cl. The Morgan fingerprint density at radius 2 is 1.83 bits per heavy atom. The minimum absolute atomic E-state index is 0.0732. The quantitative estimate of drug-likeness (QED) is 0.638. The maximum atomic E-state index is 6.04. The van der Waals surface area contributed by atoms with Crippen LogP contribution in [-0.2, 0) is 9.47 Å². The van der Waals surface area contributed by atoms with Gasteiger partial charge in [-0.1, -0.05) is 6.92 Å². The Morgan fingerprint density at radius 1 is 1.25 bits per heavy atom. The summed E-state index contributed by atoms with van der Waals surface area (Å²) in [6, 6.07) is 0. The number of rotatable bonds is 3. The molecule has 0 aromatic rings. The van der Waals surface area contributed by atoms with Crippen molar-refractivity contribution in [1.29, 1.82) is 0 Å².